The van der Waals surface area contributed by atoms with E-state index in [0.717, 1.165) is 0 Å². The molecule has 2 aromatic rings. The summed E-state index contributed by atoms with van der Waals surface area (Å²) in [6.07, 6.45) is 0.532. The first-order chi connectivity index (χ1) is 21.6. The maximum Gasteiger partial charge on any atom is 0.328 e. The number of carbonyl (C=O) groups excluding carboxylic acids is 5. The fourth-order valence-electron chi connectivity index (χ4n) is 7.14. The van der Waals surface area contributed by atoms with Gasteiger partial charge < -0.3 is 15.6 Å². The van der Waals surface area contributed by atoms with E-state index in [4.69, 9.17) is 33.7 Å². The number of anilines is 1. The molecule has 3 fully saturated rings. The van der Waals surface area contributed by atoms with Gasteiger partial charge in [-0.3, -0.25) is 19.2 Å². The van der Waals surface area contributed by atoms with Crippen LogP contribution in [0, 0.1) is 46.8 Å². The Morgan fingerprint density at radius 3 is 2.15 bits per heavy atom. The molecule has 6 unspecified atom stereocenters. The monoisotopic (exact) mass is 687 g/mol. The molecule has 46 heavy (non-hydrogen) atoms. The van der Waals surface area contributed by atoms with Crippen LogP contribution in [0.25, 0.3) is 0 Å². The zero-order valence-corrected chi connectivity index (χ0v) is 24.6. The number of imide groups is 4. The number of fused-ring (bicyclic) bond motifs is 4. The van der Waals surface area contributed by atoms with Gasteiger partial charge in [0.05, 0.1) is 18.4 Å². The number of nitrogens with zero attached hydrogens (tertiary/aromatic N) is 2. The molecule has 17 heteroatoms. The number of rotatable bonds is 5. The highest BCUT2D eigenvalue weighted by Crippen LogP contribution is 2.66. The van der Waals surface area contributed by atoms with Gasteiger partial charge in [0.25, 0.3) is 11.8 Å². The SMILES string of the molecule is NC(=O)N1C(=O)C2CC=C3C(CC4(Cl)C(=O)N(c5c(F)c(F)c(F)c(F)c5F)C(=O)C4(Cl)C3c3ccccc3OCCO)C2C1=O. The van der Waals surface area contributed by atoms with Crippen molar-refractivity contribution in [1.29, 1.82) is 0 Å². The smallest absolute Gasteiger partial charge is 0.328 e. The first kappa shape index (κ1) is 31.9. The lowest BCUT2D eigenvalue weighted by Crippen LogP contribution is -2.60. The van der Waals surface area contributed by atoms with Gasteiger partial charge in [0.1, 0.15) is 18.0 Å². The molecule has 2 aliphatic heterocycles. The van der Waals surface area contributed by atoms with Crippen LogP contribution < -0.4 is 15.4 Å². The number of aliphatic hydroxyl groups excluding tert-OH is 1. The number of para-hydroxylation sites is 1. The maximum absolute atomic E-state index is 15.1. The Balaban J connectivity index is 1.61. The molecule has 2 aromatic carbocycles. The molecule has 10 nitrogen and oxygen atoms in total. The molecule has 2 saturated heterocycles. The van der Waals surface area contributed by atoms with Crippen LogP contribution in [0.5, 0.6) is 5.75 Å². The second kappa shape index (κ2) is 10.7. The molecule has 1 saturated carbocycles. The number of benzene rings is 2. The third-order valence-corrected chi connectivity index (χ3v) is 10.4. The molecule has 0 bridgehead atoms. The number of hydrogen-bond donors (Lipinski definition) is 2. The van der Waals surface area contributed by atoms with Crippen LogP contribution in [-0.2, 0) is 19.2 Å². The summed E-state index contributed by atoms with van der Waals surface area (Å²) >= 11 is 14.1. The molecule has 4 aliphatic rings. The van der Waals surface area contributed by atoms with Crippen molar-refractivity contribution in [1.82, 2.24) is 4.90 Å². The number of halogens is 7. The number of allylic oxidation sites excluding steroid dienone is 2. The maximum atomic E-state index is 15.1. The fraction of sp³-hybridized carbons (Fsp3) is 0.345. The first-order valence-corrected chi connectivity index (χ1v) is 14.4. The molecule has 242 valence electrons. The lowest BCUT2D eigenvalue weighted by molar-refractivity contribution is -0.136. The van der Waals surface area contributed by atoms with Gasteiger partial charge in [0, 0.05) is 11.5 Å². The summed E-state index contributed by atoms with van der Waals surface area (Å²) in [5.41, 5.74) is 3.56. The van der Waals surface area contributed by atoms with Crippen molar-refractivity contribution >= 4 is 58.5 Å². The standard InChI is InChI=1S/C29H20Cl2F5N3O7/c30-28-9-13-10(5-6-12-15(13)24(42)39(23(12)41)27(37)45)16(11-3-1-2-4-14(11)46-8-7-40)29(28,31)26(44)38(25(28)43)22-20(35)18(33)17(32)19(34)21(22)36/h1-5,12-13,15-16,40H,6-9H2,(H2,37,45). The number of urea groups is 1. The highest BCUT2D eigenvalue weighted by Gasteiger charge is 2.77. The van der Waals surface area contributed by atoms with Crippen molar-refractivity contribution in [3.63, 3.8) is 0 Å². The zero-order valence-electron chi connectivity index (χ0n) is 23.0. The van der Waals surface area contributed by atoms with Crippen LogP contribution >= 0.6 is 23.2 Å². The number of primary amides is 1. The predicted molar refractivity (Wildman–Crippen MR) is 147 cm³/mol. The minimum Gasteiger partial charge on any atom is -0.491 e. The van der Waals surface area contributed by atoms with E-state index >= 15 is 8.78 Å². The van der Waals surface area contributed by atoms with Crippen molar-refractivity contribution < 1.29 is 55.8 Å². The number of likely N-dealkylation sites (tertiary alicyclic amines) is 1. The molecule has 2 aliphatic carbocycles. The average molecular weight is 688 g/mol. The lowest BCUT2D eigenvalue weighted by Gasteiger charge is -2.50. The van der Waals surface area contributed by atoms with E-state index < -0.39 is 111 Å². The van der Waals surface area contributed by atoms with Crippen LogP contribution in [0.2, 0.25) is 0 Å². The molecular formula is C29H20Cl2F5N3O7. The Kier molecular flexibility index (Phi) is 7.44. The van der Waals surface area contributed by atoms with Gasteiger partial charge >= 0.3 is 6.03 Å². The average Bonchev–Trinajstić information content (AvgIpc) is 3.37. The van der Waals surface area contributed by atoms with E-state index in [1.165, 1.54) is 30.3 Å². The number of carbonyl (C=O) groups is 5. The van der Waals surface area contributed by atoms with E-state index in [9.17, 15) is 42.3 Å². The zero-order chi connectivity index (χ0) is 33.6. The quantitative estimate of drug-likeness (QED) is 0.122. The largest absolute Gasteiger partial charge is 0.491 e. The Bertz CT molecular complexity index is 1780. The number of aliphatic hydroxyl groups is 1. The fourth-order valence-corrected chi connectivity index (χ4v) is 8.06. The second-order valence-corrected chi connectivity index (χ2v) is 12.4. The number of nitrogens with two attached hydrogens (primary N) is 1. The van der Waals surface area contributed by atoms with E-state index in [-0.39, 0.29) is 39.7 Å². The van der Waals surface area contributed by atoms with Crippen molar-refractivity contribution in [2.75, 3.05) is 18.1 Å². The Morgan fingerprint density at radius 2 is 1.54 bits per heavy atom. The second-order valence-electron chi connectivity index (χ2n) is 11.2. The summed E-state index contributed by atoms with van der Waals surface area (Å²) in [5, 5.41) is 9.38. The van der Waals surface area contributed by atoms with Crippen LogP contribution in [0.1, 0.15) is 24.3 Å². The van der Waals surface area contributed by atoms with Crippen molar-refractivity contribution in [2.24, 2.45) is 23.5 Å². The molecule has 6 atom stereocenters. The molecular weight excluding hydrogens is 668 g/mol. The van der Waals surface area contributed by atoms with Gasteiger partial charge in [-0.15, -0.1) is 23.2 Å². The van der Waals surface area contributed by atoms with E-state index in [2.05, 4.69) is 0 Å². The van der Waals surface area contributed by atoms with Gasteiger partial charge in [-0.05, 0) is 24.8 Å². The molecule has 0 aromatic heterocycles. The van der Waals surface area contributed by atoms with Gasteiger partial charge in [0.2, 0.25) is 17.6 Å². The molecule has 0 radical (unpaired) electrons. The third-order valence-electron chi connectivity index (χ3n) is 9.02. The molecule has 0 spiro atoms. The van der Waals surface area contributed by atoms with E-state index in [1.807, 2.05) is 0 Å². The van der Waals surface area contributed by atoms with Crippen LogP contribution in [-0.4, -0.2) is 62.6 Å². The predicted octanol–water partition coefficient (Wildman–Crippen LogP) is 3.40. The van der Waals surface area contributed by atoms with Gasteiger partial charge in [0.15, 0.2) is 33.0 Å². The molecule has 3 N–H and O–H groups in total. The van der Waals surface area contributed by atoms with Crippen molar-refractivity contribution in [3.8, 4) is 5.75 Å². The minimum atomic E-state index is -2.76. The highest BCUT2D eigenvalue weighted by atomic mass is 35.5. The van der Waals surface area contributed by atoms with Crippen molar-refractivity contribution in [3.05, 3.63) is 70.6 Å². The van der Waals surface area contributed by atoms with Gasteiger partial charge in [-0.1, -0.05) is 29.8 Å². The van der Waals surface area contributed by atoms with Crippen LogP contribution in [0.15, 0.2) is 35.9 Å². The Hall–Kier alpha value is -4.08. The van der Waals surface area contributed by atoms with E-state index in [1.54, 1.807) is 0 Å². The Morgan fingerprint density at radius 1 is 0.935 bits per heavy atom. The molecule has 6 amide bonds. The van der Waals surface area contributed by atoms with Crippen LogP contribution in [0.3, 0.4) is 0 Å². The number of alkyl halides is 2. The normalized spacial score (nSPS) is 30.3. The third kappa shape index (κ3) is 3.94. The number of hydrogen-bond acceptors (Lipinski definition) is 7. The molecule has 6 rings (SSSR count). The molecule has 2 heterocycles. The lowest BCUT2D eigenvalue weighted by atomic mass is 9.56. The topological polar surface area (TPSA) is 147 Å². The Labute approximate surface area is 265 Å². The summed E-state index contributed by atoms with van der Waals surface area (Å²) < 4.78 is 78.4. The van der Waals surface area contributed by atoms with E-state index in [0.29, 0.717) is 0 Å². The summed E-state index contributed by atoms with van der Waals surface area (Å²) in [7, 11) is 0. The van der Waals surface area contributed by atoms with Crippen molar-refractivity contribution in [2.45, 2.75) is 28.5 Å². The summed E-state index contributed by atoms with van der Waals surface area (Å²) in [4.78, 5) is 61.4. The highest BCUT2D eigenvalue weighted by molar-refractivity contribution is 6.58. The summed E-state index contributed by atoms with van der Waals surface area (Å²) in [5.74, 6) is -23.1. The number of ether oxygens (including phenoxy) is 1. The first-order valence-electron chi connectivity index (χ1n) is 13.6. The summed E-state index contributed by atoms with van der Waals surface area (Å²) in [6.45, 7) is -0.743. The number of amides is 6. The van der Waals surface area contributed by atoms with Gasteiger partial charge in [-0.2, -0.15) is 4.90 Å². The summed E-state index contributed by atoms with van der Waals surface area (Å²) in [6, 6.07) is 4.40. The van der Waals surface area contributed by atoms with Crippen LogP contribution in [0.4, 0.5) is 32.4 Å². The van der Waals surface area contributed by atoms with Gasteiger partial charge in [-0.25, -0.2) is 31.6 Å². The minimum absolute atomic E-state index is 0.00761.